The molecule has 0 saturated heterocycles. The second kappa shape index (κ2) is 5.50. The standard InChI is InChI=1S/C10H16N2O3/c1-7(2)3-4-11-5-9-12-8(6-15-9)10(13)14/h6-7,11H,3-5H2,1-2H3,(H,13,14). The number of nitrogens with one attached hydrogen (secondary N) is 1. The lowest BCUT2D eigenvalue weighted by Gasteiger charge is -2.04. The van der Waals surface area contributed by atoms with Crippen LogP contribution in [0.15, 0.2) is 10.7 Å². The maximum absolute atomic E-state index is 10.5. The van der Waals surface area contributed by atoms with Gasteiger partial charge >= 0.3 is 5.97 Å². The number of oxazole rings is 1. The lowest BCUT2D eigenvalue weighted by Crippen LogP contribution is -2.16. The first-order valence-electron chi connectivity index (χ1n) is 4.98. The van der Waals surface area contributed by atoms with Gasteiger partial charge in [-0.25, -0.2) is 9.78 Å². The number of rotatable bonds is 6. The van der Waals surface area contributed by atoms with Crippen molar-refractivity contribution in [1.29, 1.82) is 0 Å². The van der Waals surface area contributed by atoms with Crippen LogP contribution >= 0.6 is 0 Å². The molecule has 0 saturated carbocycles. The molecule has 0 aliphatic heterocycles. The Balaban J connectivity index is 2.29. The van der Waals surface area contributed by atoms with E-state index in [1.165, 1.54) is 0 Å². The van der Waals surface area contributed by atoms with Gasteiger partial charge in [0.15, 0.2) is 5.69 Å². The number of aromatic carboxylic acids is 1. The highest BCUT2D eigenvalue weighted by Crippen LogP contribution is 2.02. The number of hydrogen-bond donors (Lipinski definition) is 2. The molecule has 84 valence electrons. The number of carboxylic acid groups (broad SMARTS) is 1. The third-order valence-electron chi connectivity index (χ3n) is 1.95. The Bertz CT molecular complexity index is 320. The molecule has 15 heavy (non-hydrogen) atoms. The molecule has 1 heterocycles. The molecule has 1 rings (SSSR count). The summed E-state index contributed by atoms with van der Waals surface area (Å²) < 4.78 is 4.98. The molecule has 0 aliphatic rings. The van der Waals surface area contributed by atoms with Crippen LogP contribution in [0.3, 0.4) is 0 Å². The first kappa shape index (κ1) is 11.7. The van der Waals surface area contributed by atoms with Crippen LogP contribution in [0.5, 0.6) is 0 Å². The minimum atomic E-state index is -1.06. The maximum Gasteiger partial charge on any atom is 0.357 e. The number of nitrogens with zero attached hydrogens (tertiary/aromatic N) is 1. The molecule has 2 N–H and O–H groups in total. The average Bonchev–Trinajstić information content (AvgIpc) is 2.60. The van der Waals surface area contributed by atoms with Crippen molar-refractivity contribution in [1.82, 2.24) is 10.3 Å². The second-order valence-corrected chi connectivity index (χ2v) is 3.79. The van der Waals surface area contributed by atoms with Gasteiger partial charge in [0.25, 0.3) is 0 Å². The summed E-state index contributed by atoms with van der Waals surface area (Å²) in [6.45, 7) is 5.65. The summed E-state index contributed by atoms with van der Waals surface area (Å²) in [4.78, 5) is 14.3. The molecule has 0 amide bonds. The van der Waals surface area contributed by atoms with Crippen LogP contribution in [0, 0.1) is 5.92 Å². The maximum atomic E-state index is 10.5. The molecule has 0 atom stereocenters. The number of carboxylic acids is 1. The van der Waals surface area contributed by atoms with E-state index in [1.54, 1.807) is 0 Å². The summed E-state index contributed by atoms with van der Waals surface area (Å²) in [7, 11) is 0. The van der Waals surface area contributed by atoms with Gasteiger partial charge in [0.1, 0.15) is 6.26 Å². The van der Waals surface area contributed by atoms with E-state index in [-0.39, 0.29) is 5.69 Å². The Labute approximate surface area is 88.5 Å². The summed E-state index contributed by atoms with van der Waals surface area (Å²) in [6, 6.07) is 0. The topological polar surface area (TPSA) is 75.4 Å². The second-order valence-electron chi connectivity index (χ2n) is 3.79. The van der Waals surface area contributed by atoms with Crippen molar-refractivity contribution in [3.05, 3.63) is 17.8 Å². The summed E-state index contributed by atoms with van der Waals surface area (Å²) in [5.41, 5.74) is -0.0457. The van der Waals surface area contributed by atoms with Gasteiger partial charge in [-0.3, -0.25) is 0 Å². The van der Waals surface area contributed by atoms with Crippen molar-refractivity contribution in [3.63, 3.8) is 0 Å². The molecular weight excluding hydrogens is 196 g/mol. The Morgan fingerprint density at radius 3 is 2.93 bits per heavy atom. The lowest BCUT2D eigenvalue weighted by atomic mass is 10.1. The van der Waals surface area contributed by atoms with Crippen LogP contribution in [0.1, 0.15) is 36.6 Å². The quantitative estimate of drug-likeness (QED) is 0.699. The Kier molecular flexibility index (Phi) is 4.30. The van der Waals surface area contributed by atoms with Crippen LogP contribution in [0.2, 0.25) is 0 Å². The van der Waals surface area contributed by atoms with E-state index in [1.807, 2.05) is 0 Å². The highest BCUT2D eigenvalue weighted by Gasteiger charge is 2.09. The SMILES string of the molecule is CC(C)CCNCc1nc(C(=O)O)co1. The Morgan fingerprint density at radius 2 is 2.40 bits per heavy atom. The Morgan fingerprint density at radius 1 is 1.67 bits per heavy atom. The van der Waals surface area contributed by atoms with Gasteiger partial charge in [0.05, 0.1) is 6.54 Å². The number of carbonyl (C=O) groups is 1. The molecule has 0 radical (unpaired) electrons. The molecular formula is C10H16N2O3. The van der Waals surface area contributed by atoms with Crippen LogP contribution in [-0.2, 0) is 6.54 Å². The van der Waals surface area contributed by atoms with Gasteiger partial charge in [0.2, 0.25) is 5.89 Å². The summed E-state index contributed by atoms with van der Waals surface area (Å²) in [6.07, 6.45) is 2.23. The normalized spacial score (nSPS) is 10.9. The van der Waals surface area contributed by atoms with E-state index in [9.17, 15) is 4.79 Å². The van der Waals surface area contributed by atoms with E-state index in [4.69, 9.17) is 9.52 Å². The van der Waals surface area contributed by atoms with Crippen molar-refractivity contribution >= 4 is 5.97 Å². The molecule has 0 fully saturated rings. The first-order chi connectivity index (χ1) is 7.09. The van der Waals surface area contributed by atoms with Crippen LogP contribution in [0.25, 0.3) is 0 Å². The minimum absolute atomic E-state index is 0.0457. The smallest absolute Gasteiger partial charge is 0.357 e. The predicted molar refractivity (Wildman–Crippen MR) is 54.6 cm³/mol. The summed E-state index contributed by atoms with van der Waals surface area (Å²) in [5.74, 6) is -0.0000210. The van der Waals surface area contributed by atoms with E-state index < -0.39 is 5.97 Å². The molecule has 1 aromatic heterocycles. The van der Waals surface area contributed by atoms with Gasteiger partial charge in [0, 0.05) is 0 Å². The highest BCUT2D eigenvalue weighted by atomic mass is 16.4. The highest BCUT2D eigenvalue weighted by molar-refractivity contribution is 5.84. The fourth-order valence-electron chi connectivity index (χ4n) is 1.08. The van der Waals surface area contributed by atoms with Crippen molar-refractivity contribution in [3.8, 4) is 0 Å². The molecule has 0 unspecified atom stereocenters. The molecule has 0 spiro atoms. The number of hydrogen-bond acceptors (Lipinski definition) is 4. The van der Waals surface area contributed by atoms with Crippen LogP contribution in [-0.4, -0.2) is 22.6 Å². The van der Waals surface area contributed by atoms with Gasteiger partial charge in [-0.05, 0) is 18.9 Å². The zero-order valence-electron chi connectivity index (χ0n) is 8.99. The van der Waals surface area contributed by atoms with Gasteiger partial charge in [-0.15, -0.1) is 0 Å². The monoisotopic (exact) mass is 212 g/mol. The molecule has 0 aliphatic carbocycles. The van der Waals surface area contributed by atoms with Gasteiger partial charge < -0.3 is 14.8 Å². The zero-order valence-corrected chi connectivity index (χ0v) is 8.99. The number of aromatic nitrogens is 1. The molecule has 5 heteroatoms. The van der Waals surface area contributed by atoms with Crippen molar-refractivity contribution in [2.45, 2.75) is 26.8 Å². The Hall–Kier alpha value is -1.36. The summed E-state index contributed by atoms with van der Waals surface area (Å²) >= 11 is 0. The lowest BCUT2D eigenvalue weighted by molar-refractivity contribution is 0.0690. The molecule has 5 nitrogen and oxygen atoms in total. The predicted octanol–water partition coefficient (Wildman–Crippen LogP) is 1.51. The van der Waals surface area contributed by atoms with Gasteiger partial charge in [-0.2, -0.15) is 0 Å². The van der Waals surface area contributed by atoms with Crippen molar-refractivity contribution < 1.29 is 14.3 Å². The van der Waals surface area contributed by atoms with E-state index in [0.717, 1.165) is 19.2 Å². The average molecular weight is 212 g/mol. The van der Waals surface area contributed by atoms with Crippen LogP contribution < -0.4 is 5.32 Å². The molecule has 0 aromatic carbocycles. The largest absolute Gasteiger partial charge is 0.476 e. The fourth-order valence-corrected chi connectivity index (χ4v) is 1.08. The third kappa shape index (κ3) is 4.12. The van der Waals surface area contributed by atoms with Crippen LogP contribution in [0.4, 0.5) is 0 Å². The molecule has 1 aromatic rings. The van der Waals surface area contributed by atoms with Crippen molar-refractivity contribution in [2.24, 2.45) is 5.92 Å². The zero-order chi connectivity index (χ0) is 11.3. The van der Waals surface area contributed by atoms with E-state index >= 15 is 0 Å². The summed E-state index contributed by atoms with van der Waals surface area (Å²) in [5, 5.41) is 11.7. The van der Waals surface area contributed by atoms with Crippen molar-refractivity contribution in [2.75, 3.05) is 6.54 Å². The minimum Gasteiger partial charge on any atom is -0.476 e. The fraction of sp³-hybridized carbons (Fsp3) is 0.600. The molecule has 0 bridgehead atoms. The van der Waals surface area contributed by atoms with E-state index in [0.29, 0.717) is 18.4 Å². The third-order valence-corrected chi connectivity index (χ3v) is 1.95. The van der Waals surface area contributed by atoms with E-state index in [2.05, 4.69) is 24.1 Å². The first-order valence-corrected chi connectivity index (χ1v) is 4.98. The van der Waals surface area contributed by atoms with Gasteiger partial charge in [-0.1, -0.05) is 13.8 Å².